The number of carbonyl (C=O) groups excluding carboxylic acids is 2. The molecule has 0 bridgehead atoms. The largest absolute Gasteiger partial charge is 0.497 e. The molecular weight excluding hydrogens is 716 g/mol. The van der Waals surface area contributed by atoms with Gasteiger partial charge in [-0.1, -0.05) is 31.2 Å². The normalized spacial score (nSPS) is 14.2. The van der Waals surface area contributed by atoms with Crippen molar-refractivity contribution in [1.82, 2.24) is 9.71 Å². The third kappa shape index (κ3) is 14.6. The molecule has 0 fully saturated rings. The molecule has 9 nitrogen and oxygen atoms in total. The highest BCUT2D eigenvalue weighted by Gasteiger charge is 2.28. The van der Waals surface area contributed by atoms with E-state index in [1.165, 1.54) is 7.11 Å². The van der Waals surface area contributed by atoms with E-state index in [2.05, 4.69) is 9.71 Å². The summed E-state index contributed by atoms with van der Waals surface area (Å²) in [6.45, 7) is 4.74. The van der Waals surface area contributed by atoms with Gasteiger partial charge in [0.2, 0.25) is 15.9 Å². The number of likely N-dealkylation sites (N-methyl/N-ethyl adjacent to an activating group) is 1. The van der Waals surface area contributed by atoms with Crippen molar-refractivity contribution >= 4 is 33.5 Å². The minimum Gasteiger partial charge on any atom is -0.497 e. The molecule has 1 aromatic heterocycles. The summed E-state index contributed by atoms with van der Waals surface area (Å²) in [5, 5.41) is 0. The monoisotopic (exact) mass is 759 g/mol. The fourth-order valence-electron chi connectivity index (χ4n) is 5.14. The third-order valence-corrected chi connectivity index (χ3v) is 8.88. The second-order valence-electron chi connectivity index (χ2n) is 11.8. The van der Waals surface area contributed by atoms with Gasteiger partial charge in [0.25, 0.3) is 0 Å². The van der Waals surface area contributed by atoms with Crippen molar-refractivity contribution in [1.29, 1.82) is 0 Å². The molecule has 0 aliphatic heterocycles. The summed E-state index contributed by atoms with van der Waals surface area (Å²) in [5.41, 5.74) is 4.52. The van der Waals surface area contributed by atoms with Gasteiger partial charge in [0.15, 0.2) is 12.9 Å². The second kappa shape index (κ2) is 19.3. The number of methoxy groups -OCH3 is 1. The van der Waals surface area contributed by atoms with E-state index < -0.39 is 47.1 Å². The Bertz CT molecular complexity index is 1800. The van der Waals surface area contributed by atoms with Crippen molar-refractivity contribution < 1.29 is 53.8 Å². The van der Waals surface area contributed by atoms with Gasteiger partial charge in [-0.15, -0.1) is 0 Å². The van der Waals surface area contributed by atoms with E-state index in [1.807, 2.05) is 12.2 Å². The van der Waals surface area contributed by atoms with E-state index >= 15 is 0 Å². The number of alkyl halides is 6. The first-order valence-corrected chi connectivity index (χ1v) is 17.7. The molecule has 0 saturated heterocycles. The average molecular weight is 760 g/mol. The van der Waals surface area contributed by atoms with Gasteiger partial charge < -0.3 is 14.4 Å². The van der Waals surface area contributed by atoms with Crippen LogP contribution in [0.2, 0.25) is 0 Å². The number of amides is 1. The predicted molar refractivity (Wildman–Crippen MR) is 186 cm³/mol. The highest BCUT2D eigenvalue weighted by atomic mass is 32.2. The van der Waals surface area contributed by atoms with Crippen LogP contribution in [0.1, 0.15) is 61.9 Å². The molecule has 1 heterocycles. The number of allylic oxidation sites excluding steroid dienone is 4. The van der Waals surface area contributed by atoms with Crippen LogP contribution in [-0.4, -0.2) is 65.3 Å². The van der Waals surface area contributed by atoms with Gasteiger partial charge in [-0.25, -0.2) is 8.42 Å². The van der Waals surface area contributed by atoms with Crippen molar-refractivity contribution in [2.75, 3.05) is 32.2 Å². The fraction of sp³-hybridized carbons (Fsp3) is 0.417. The summed E-state index contributed by atoms with van der Waals surface area (Å²) < 4.78 is 109. The average Bonchev–Trinajstić information content (AvgIpc) is 3.04. The minimum absolute atomic E-state index is 0.00904. The molecule has 1 N–H and O–H groups in total. The molecule has 286 valence electrons. The Morgan fingerprint density at radius 3 is 2.27 bits per heavy atom. The van der Waals surface area contributed by atoms with Crippen molar-refractivity contribution in [3.8, 4) is 0 Å². The lowest BCUT2D eigenvalue weighted by molar-refractivity contribution is -0.161. The number of rotatable bonds is 14. The Labute approximate surface area is 300 Å². The molecule has 1 amide bonds. The molecule has 0 unspecified atom stereocenters. The van der Waals surface area contributed by atoms with Gasteiger partial charge in [-0.3, -0.25) is 19.3 Å². The number of benzene rings is 1. The lowest BCUT2D eigenvalue weighted by Crippen LogP contribution is -2.32. The van der Waals surface area contributed by atoms with E-state index in [-0.39, 0.29) is 24.1 Å². The van der Waals surface area contributed by atoms with Crippen molar-refractivity contribution in [2.45, 2.75) is 71.5 Å². The molecule has 0 saturated carbocycles. The maximum Gasteiger partial charge on any atom is 0.422 e. The number of hydrogen-bond acceptors (Lipinski definition) is 8. The topological polar surface area (TPSA) is 115 Å². The first kappa shape index (κ1) is 43.6. The first-order valence-electron chi connectivity index (χ1n) is 16.0. The molecule has 2 aromatic rings. The molecule has 1 aliphatic carbocycles. The molecule has 1 aromatic carbocycles. The second-order valence-corrected chi connectivity index (χ2v) is 13.6. The molecular formula is C36H43F6N3O6S. The van der Waals surface area contributed by atoms with E-state index in [0.29, 0.717) is 51.3 Å². The predicted octanol–water partition coefficient (Wildman–Crippen LogP) is 7.82. The Balaban J connectivity index is 0.00000143. The number of sulfonamides is 1. The molecule has 16 heteroatoms. The number of halogens is 6. The van der Waals surface area contributed by atoms with Gasteiger partial charge >= 0.3 is 12.4 Å². The molecule has 0 atom stereocenters. The molecule has 1 aliphatic rings. The number of anilines is 1. The Kier molecular flexibility index (Phi) is 16.2. The highest BCUT2D eigenvalue weighted by molar-refractivity contribution is 7.89. The number of aryl methyl sites for hydroxylation is 2. The summed E-state index contributed by atoms with van der Waals surface area (Å²) in [7, 11) is -0.845. The van der Waals surface area contributed by atoms with Crippen LogP contribution in [0.3, 0.4) is 0 Å². The zero-order valence-electron chi connectivity index (χ0n) is 29.7. The fourth-order valence-corrected chi connectivity index (χ4v) is 6.25. The minimum atomic E-state index is -4.57. The zero-order valence-corrected chi connectivity index (χ0v) is 30.6. The van der Waals surface area contributed by atoms with Crippen molar-refractivity contribution in [2.24, 2.45) is 0 Å². The number of aldehydes is 1. The van der Waals surface area contributed by atoms with Crippen molar-refractivity contribution in [3.05, 3.63) is 99.8 Å². The van der Waals surface area contributed by atoms with Gasteiger partial charge in [-0.05, 0) is 79.7 Å². The van der Waals surface area contributed by atoms with Crippen LogP contribution in [-0.2, 0) is 34.8 Å². The Morgan fingerprint density at radius 2 is 1.71 bits per heavy atom. The number of hydrogen-bond donors (Lipinski definition) is 1. The maximum atomic E-state index is 12.9. The SMILES string of the molecule is CCC(F)(F)F.COC1=CCCC=C1CC(=O)NS(=O)(=O)Cc1ccc(N(C)CC(=C\OCC(F)(F)F)/C(C=O)=C(/C)c2cccnc2C)c(C)c1. The quantitative estimate of drug-likeness (QED) is 0.0682. The maximum absolute atomic E-state index is 12.9. The summed E-state index contributed by atoms with van der Waals surface area (Å²) >= 11 is 0. The van der Waals surface area contributed by atoms with E-state index in [1.54, 1.807) is 69.2 Å². The van der Waals surface area contributed by atoms with E-state index in [4.69, 9.17) is 9.47 Å². The van der Waals surface area contributed by atoms with Crippen LogP contribution in [0.15, 0.2) is 77.4 Å². The smallest absolute Gasteiger partial charge is 0.422 e. The first-order chi connectivity index (χ1) is 24.2. The van der Waals surface area contributed by atoms with Crippen LogP contribution >= 0.6 is 0 Å². The van der Waals surface area contributed by atoms with E-state index in [9.17, 15) is 44.3 Å². The number of aromatic nitrogens is 1. The number of carbonyl (C=O) groups is 2. The summed E-state index contributed by atoms with van der Waals surface area (Å²) in [4.78, 5) is 30.8. The zero-order chi connectivity index (χ0) is 39.3. The standard InChI is InChI=1S/C33H38F3N3O6S.C3H5F3/c1-22-15-25(20-46(42,43)38-32(41)16-26-9-6-7-11-31(26)44-5)12-13-30(22)39(4)17-27(19-45-21-33(34,35)36)29(18-40)23(2)28-10-8-14-37-24(28)3;1-2-3(4,5)6/h8-15,18-19H,6-7,16-17,20-21H2,1-5H3,(H,38,41);2H2,1H3/b27-19+,29-23-;. The van der Waals surface area contributed by atoms with Gasteiger partial charge in [0, 0.05) is 48.7 Å². The summed E-state index contributed by atoms with van der Waals surface area (Å²) in [5.74, 6) is -0.572. The van der Waals surface area contributed by atoms with Gasteiger partial charge in [-0.2, -0.15) is 26.3 Å². The molecule has 0 spiro atoms. The number of ether oxygens (including phenoxy) is 2. The van der Waals surface area contributed by atoms with Crippen LogP contribution in [0.25, 0.3) is 5.57 Å². The third-order valence-electron chi connectivity index (χ3n) is 7.63. The Hall–Kier alpha value is -4.60. The molecule has 52 heavy (non-hydrogen) atoms. The summed E-state index contributed by atoms with van der Waals surface area (Å²) in [6.07, 6.45) is -1.07. The number of pyridine rings is 1. The van der Waals surface area contributed by atoms with Crippen LogP contribution in [0, 0.1) is 13.8 Å². The summed E-state index contributed by atoms with van der Waals surface area (Å²) in [6, 6.07) is 8.36. The Morgan fingerprint density at radius 1 is 1.06 bits per heavy atom. The van der Waals surface area contributed by atoms with Crippen LogP contribution in [0.4, 0.5) is 32.0 Å². The highest BCUT2D eigenvalue weighted by Crippen LogP contribution is 2.28. The van der Waals surface area contributed by atoms with Crippen LogP contribution in [0.5, 0.6) is 0 Å². The molecule has 0 radical (unpaired) electrons. The number of nitrogens with one attached hydrogen (secondary N) is 1. The van der Waals surface area contributed by atoms with E-state index in [0.717, 1.165) is 26.0 Å². The van der Waals surface area contributed by atoms with Gasteiger partial charge in [0.05, 0.1) is 25.5 Å². The molecule has 3 rings (SSSR count). The lowest BCUT2D eigenvalue weighted by atomic mass is 9.96. The van der Waals surface area contributed by atoms with Crippen LogP contribution < -0.4 is 9.62 Å². The van der Waals surface area contributed by atoms with Gasteiger partial charge in [0.1, 0.15) is 5.76 Å². The number of nitrogens with zero attached hydrogens (tertiary/aromatic N) is 2. The van der Waals surface area contributed by atoms with Crippen molar-refractivity contribution in [3.63, 3.8) is 0 Å². The lowest BCUT2D eigenvalue weighted by Gasteiger charge is -2.24.